The lowest BCUT2D eigenvalue weighted by atomic mass is 9.77. The fraction of sp³-hybridized carbons (Fsp3) is 0.619. The lowest BCUT2D eigenvalue weighted by molar-refractivity contribution is -0.140. The van der Waals surface area contributed by atoms with Gasteiger partial charge in [0.2, 0.25) is 5.91 Å². The monoisotopic (exact) mass is 392 g/mol. The van der Waals surface area contributed by atoms with Gasteiger partial charge in [0.1, 0.15) is 11.6 Å². The van der Waals surface area contributed by atoms with Crippen LogP contribution in [0.5, 0.6) is 5.75 Å². The number of rotatable bonds is 3. The van der Waals surface area contributed by atoms with Gasteiger partial charge in [-0.1, -0.05) is 33.8 Å². The van der Waals surface area contributed by atoms with Gasteiger partial charge in [0.05, 0.1) is 18.9 Å². The van der Waals surface area contributed by atoms with Crippen LogP contribution >= 0.6 is 0 Å². The van der Waals surface area contributed by atoms with Gasteiger partial charge >= 0.3 is 0 Å². The van der Waals surface area contributed by atoms with Gasteiger partial charge < -0.3 is 20.1 Å². The number of benzene rings is 1. The second kappa shape index (κ2) is 7.70. The van der Waals surface area contributed by atoms with Crippen LogP contribution in [0.2, 0.25) is 0 Å². The molecule has 2 N–H and O–H groups in total. The minimum atomic E-state index is -1.05. The van der Waals surface area contributed by atoms with E-state index in [9.17, 15) is 14.0 Å². The highest BCUT2D eigenvalue weighted by atomic mass is 19.1. The van der Waals surface area contributed by atoms with Crippen molar-refractivity contribution in [2.45, 2.75) is 58.6 Å². The van der Waals surface area contributed by atoms with Crippen LogP contribution in [-0.4, -0.2) is 36.7 Å². The molecule has 0 aliphatic carbocycles. The highest BCUT2D eigenvalue weighted by Gasteiger charge is 2.50. The van der Waals surface area contributed by atoms with Crippen molar-refractivity contribution in [3.8, 4) is 5.75 Å². The Morgan fingerprint density at radius 2 is 2.04 bits per heavy atom. The third kappa shape index (κ3) is 3.85. The number of para-hydroxylation sites is 1. The number of fused-ring (bicyclic) bond motifs is 1. The number of anilines is 1. The van der Waals surface area contributed by atoms with E-state index in [0.29, 0.717) is 32.5 Å². The van der Waals surface area contributed by atoms with Gasteiger partial charge in [-0.25, -0.2) is 4.39 Å². The lowest BCUT2D eigenvalue weighted by Crippen LogP contribution is -2.63. The third-order valence-electron chi connectivity index (χ3n) is 5.71. The molecule has 1 fully saturated rings. The molecule has 2 amide bonds. The Bertz CT molecular complexity index is 753. The van der Waals surface area contributed by atoms with Crippen molar-refractivity contribution in [2.75, 3.05) is 18.5 Å². The van der Waals surface area contributed by atoms with E-state index in [0.717, 1.165) is 0 Å². The Morgan fingerprint density at radius 1 is 1.36 bits per heavy atom. The molecule has 0 radical (unpaired) electrons. The highest BCUT2D eigenvalue weighted by molar-refractivity contribution is 6.00. The number of amides is 2. The molecule has 0 saturated carbocycles. The van der Waals surface area contributed by atoms with Crippen LogP contribution in [0.1, 0.15) is 47.0 Å². The van der Waals surface area contributed by atoms with E-state index >= 15 is 0 Å². The number of carbonyl (C=O) groups is 2. The predicted octanol–water partition coefficient (Wildman–Crippen LogP) is 3.26. The second-order valence-corrected chi connectivity index (χ2v) is 8.65. The Balaban J connectivity index is 1.97. The zero-order valence-electron chi connectivity index (χ0n) is 16.9. The van der Waals surface area contributed by atoms with Gasteiger partial charge in [0, 0.05) is 18.8 Å². The SMILES string of the molecule is CCC(C(=O)N[C@H]1C(=O)Nc2cccc(F)c2OC12CCOCC2)C(C)(C)C. The van der Waals surface area contributed by atoms with Crippen LogP contribution in [-0.2, 0) is 14.3 Å². The average Bonchev–Trinajstić information content (AvgIpc) is 2.72. The van der Waals surface area contributed by atoms with Crippen LogP contribution in [0.25, 0.3) is 0 Å². The van der Waals surface area contributed by atoms with Gasteiger partial charge in [0.25, 0.3) is 5.91 Å². The maximum atomic E-state index is 14.5. The van der Waals surface area contributed by atoms with Crippen LogP contribution in [0.15, 0.2) is 18.2 Å². The predicted molar refractivity (Wildman–Crippen MR) is 104 cm³/mol. The molecule has 154 valence electrons. The summed E-state index contributed by atoms with van der Waals surface area (Å²) in [6.07, 6.45) is 1.41. The van der Waals surface area contributed by atoms with Crippen LogP contribution in [0, 0.1) is 17.2 Å². The van der Waals surface area contributed by atoms with E-state index in [1.54, 1.807) is 6.07 Å². The van der Waals surface area contributed by atoms with Crippen molar-refractivity contribution in [1.29, 1.82) is 0 Å². The van der Waals surface area contributed by atoms with Gasteiger partial charge in [-0.2, -0.15) is 0 Å². The molecule has 6 nitrogen and oxygen atoms in total. The van der Waals surface area contributed by atoms with Gasteiger partial charge in [-0.15, -0.1) is 0 Å². The number of ether oxygens (including phenoxy) is 2. The highest BCUT2D eigenvalue weighted by Crippen LogP contribution is 2.40. The fourth-order valence-electron chi connectivity index (χ4n) is 4.16. The fourth-order valence-corrected chi connectivity index (χ4v) is 4.16. The molecular weight excluding hydrogens is 363 g/mol. The Hall–Kier alpha value is -2.15. The summed E-state index contributed by atoms with van der Waals surface area (Å²) in [7, 11) is 0. The van der Waals surface area contributed by atoms with E-state index in [2.05, 4.69) is 10.6 Å². The second-order valence-electron chi connectivity index (χ2n) is 8.65. The summed E-state index contributed by atoms with van der Waals surface area (Å²) in [6.45, 7) is 8.70. The van der Waals surface area contributed by atoms with Crippen molar-refractivity contribution < 1.29 is 23.5 Å². The molecule has 2 heterocycles. The first kappa shape index (κ1) is 20.6. The first-order valence-electron chi connectivity index (χ1n) is 9.84. The molecule has 1 spiro atoms. The summed E-state index contributed by atoms with van der Waals surface area (Å²) in [5.41, 5.74) is -1.03. The van der Waals surface area contributed by atoms with Gasteiger partial charge in [0.15, 0.2) is 11.6 Å². The Morgan fingerprint density at radius 3 is 2.64 bits per heavy atom. The molecule has 1 aromatic carbocycles. The van der Waals surface area contributed by atoms with Crippen molar-refractivity contribution in [1.82, 2.24) is 5.32 Å². The summed E-state index contributed by atoms with van der Waals surface area (Å²) in [5.74, 6) is -1.40. The minimum Gasteiger partial charge on any atom is -0.479 e. The maximum absolute atomic E-state index is 14.5. The average molecular weight is 392 g/mol. The van der Waals surface area contributed by atoms with Gasteiger partial charge in [-0.05, 0) is 24.0 Å². The number of hydrogen-bond acceptors (Lipinski definition) is 4. The topological polar surface area (TPSA) is 76.7 Å². The number of halogens is 1. The number of hydrogen-bond donors (Lipinski definition) is 2. The van der Waals surface area contributed by atoms with E-state index in [-0.39, 0.29) is 28.7 Å². The van der Waals surface area contributed by atoms with E-state index in [1.807, 2.05) is 27.7 Å². The first-order valence-corrected chi connectivity index (χ1v) is 9.84. The standard InChI is InChI=1S/C21H29FN2O4/c1-5-13(20(2,3)4)18(25)24-17-19(26)23-15-8-6-7-14(22)16(15)28-21(17)9-11-27-12-10-21/h6-8,13,17H,5,9-12H2,1-4H3,(H,23,26)(H,24,25)/t13?,17-/m0/s1. The van der Waals surface area contributed by atoms with E-state index in [1.165, 1.54) is 12.1 Å². The van der Waals surface area contributed by atoms with Crippen molar-refractivity contribution in [2.24, 2.45) is 11.3 Å². The summed E-state index contributed by atoms with van der Waals surface area (Å²) in [6, 6.07) is 3.47. The van der Waals surface area contributed by atoms with Gasteiger partial charge in [-0.3, -0.25) is 9.59 Å². The molecule has 1 aromatic rings. The summed E-state index contributed by atoms with van der Waals surface area (Å²) in [4.78, 5) is 26.1. The molecule has 0 aromatic heterocycles. The quantitative estimate of drug-likeness (QED) is 0.828. The summed E-state index contributed by atoms with van der Waals surface area (Å²) >= 11 is 0. The molecule has 2 aliphatic heterocycles. The van der Waals surface area contributed by atoms with E-state index in [4.69, 9.17) is 9.47 Å². The smallest absolute Gasteiger partial charge is 0.251 e. The molecular formula is C21H29FN2O4. The zero-order valence-corrected chi connectivity index (χ0v) is 16.9. The van der Waals surface area contributed by atoms with Crippen molar-refractivity contribution in [3.05, 3.63) is 24.0 Å². The zero-order chi connectivity index (χ0) is 20.5. The maximum Gasteiger partial charge on any atom is 0.251 e. The molecule has 28 heavy (non-hydrogen) atoms. The van der Waals surface area contributed by atoms with E-state index < -0.39 is 23.4 Å². The Kier molecular flexibility index (Phi) is 5.66. The van der Waals surface area contributed by atoms with Crippen molar-refractivity contribution >= 4 is 17.5 Å². The molecule has 2 aliphatic rings. The molecule has 1 saturated heterocycles. The largest absolute Gasteiger partial charge is 0.479 e. The number of carbonyl (C=O) groups excluding carboxylic acids is 2. The van der Waals surface area contributed by atoms with Crippen LogP contribution < -0.4 is 15.4 Å². The molecule has 1 unspecified atom stereocenters. The van der Waals surface area contributed by atoms with Crippen molar-refractivity contribution in [3.63, 3.8) is 0 Å². The molecule has 3 rings (SSSR count). The lowest BCUT2D eigenvalue weighted by Gasteiger charge is -2.42. The molecule has 0 bridgehead atoms. The summed E-state index contributed by atoms with van der Waals surface area (Å²) in [5, 5.41) is 5.65. The Labute approximate surface area is 165 Å². The molecule has 7 heteroatoms. The number of nitrogens with one attached hydrogen (secondary N) is 2. The van der Waals surface area contributed by atoms with Crippen LogP contribution in [0.3, 0.4) is 0 Å². The summed E-state index contributed by atoms with van der Waals surface area (Å²) < 4.78 is 26.0. The normalized spacial score (nSPS) is 22.5. The molecule has 2 atom stereocenters. The third-order valence-corrected chi connectivity index (χ3v) is 5.71. The minimum absolute atomic E-state index is 0.0114. The van der Waals surface area contributed by atoms with Crippen LogP contribution in [0.4, 0.5) is 10.1 Å². The first-order chi connectivity index (χ1) is 13.2.